The molecule has 3 N–H and O–H groups in total. The highest BCUT2D eigenvalue weighted by Crippen LogP contribution is 2.50. The summed E-state index contributed by atoms with van der Waals surface area (Å²) >= 11 is 0. The van der Waals surface area contributed by atoms with Crippen molar-refractivity contribution in [1.82, 2.24) is 9.88 Å². The largest absolute Gasteiger partial charge is 0.480 e. The van der Waals surface area contributed by atoms with Crippen LogP contribution in [-0.2, 0) is 16.0 Å². The fraction of sp³-hybridized carbons (Fsp3) is 0.464. The summed E-state index contributed by atoms with van der Waals surface area (Å²) in [5.41, 5.74) is 2.06. The van der Waals surface area contributed by atoms with Crippen LogP contribution < -0.4 is 10.6 Å². The van der Waals surface area contributed by atoms with Gasteiger partial charge in [-0.2, -0.15) is 0 Å². The minimum absolute atomic E-state index is 0.107. The smallest absolute Gasteiger partial charge is 0.334 e. The van der Waals surface area contributed by atoms with E-state index in [0.717, 1.165) is 56.2 Å². The lowest BCUT2D eigenvalue weighted by atomic mass is 9.62. The summed E-state index contributed by atoms with van der Waals surface area (Å²) in [7, 11) is 1.76. The number of allylic oxidation sites excluding steroid dienone is 2. The van der Waals surface area contributed by atoms with Crippen LogP contribution in [0.2, 0.25) is 0 Å². The van der Waals surface area contributed by atoms with E-state index in [1.165, 1.54) is 6.20 Å². The van der Waals surface area contributed by atoms with Gasteiger partial charge in [0, 0.05) is 43.7 Å². The zero-order valence-electron chi connectivity index (χ0n) is 21.5. The number of carbonyl (C=O) groups is 2. The van der Waals surface area contributed by atoms with Crippen LogP contribution in [0.3, 0.4) is 0 Å². The van der Waals surface area contributed by atoms with Crippen molar-refractivity contribution in [3.8, 4) is 0 Å². The second kappa shape index (κ2) is 10.4. The Balaban J connectivity index is 1.29. The van der Waals surface area contributed by atoms with E-state index >= 15 is 0 Å². The quantitative estimate of drug-likeness (QED) is 0.279. The number of rotatable bonds is 11. The zero-order chi connectivity index (χ0) is 26.9. The number of nitro groups is 1. The zero-order valence-corrected chi connectivity index (χ0v) is 21.5. The first kappa shape index (κ1) is 25.7. The van der Waals surface area contributed by atoms with Crippen molar-refractivity contribution >= 4 is 34.6 Å². The first-order chi connectivity index (χ1) is 18.3. The highest BCUT2D eigenvalue weighted by molar-refractivity contribution is 6.05. The second-order valence-corrected chi connectivity index (χ2v) is 10.7. The molecule has 0 saturated heterocycles. The van der Waals surface area contributed by atoms with E-state index in [2.05, 4.69) is 15.6 Å². The fourth-order valence-corrected chi connectivity index (χ4v) is 5.64. The number of anilines is 3. The van der Waals surface area contributed by atoms with Gasteiger partial charge >= 0.3 is 11.7 Å². The third-order valence-electron chi connectivity index (χ3n) is 8.10. The average Bonchev–Trinajstić information content (AvgIpc) is 3.74. The Bertz CT molecular complexity index is 1260. The lowest BCUT2D eigenvalue weighted by Gasteiger charge is -2.48. The van der Waals surface area contributed by atoms with Gasteiger partial charge in [-0.1, -0.05) is 31.4 Å². The van der Waals surface area contributed by atoms with E-state index < -0.39 is 22.3 Å². The van der Waals surface area contributed by atoms with Gasteiger partial charge in [0.05, 0.1) is 10.3 Å². The molecular weight excluding hydrogens is 486 g/mol. The molecule has 1 spiro atoms. The number of carboxylic acid groups (broad SMARTS) is 1. The van der Waals surface area contributed by atoms with Crippen molar-refractivity contribution in [2.45, 2.75) is 57.4 Å². The summed E-state index contributed by atoms with van der Waals surface area (Å²) in [5, 5.41) is 28.0. The van der Waals surface area contributed by atoms with Gasteiger partial charge in [0.1, 0.15) is 11.7 Å². The van der Waals surface area contributed by atoms with Gasteiger partial charge in [-0.25, -0.2) is 9.78 Å². The second-order valence-electron chi connectivity index (χ2n) is 10.7. The number of nitrogens with one attached hydrogen (secondary N) is 2. The molecule has 0 radical (unpaired) electrons. The third kappa shape index (κ3) is 5.07. The number of benzene rings is 1. The molecule has 200 valence electrons. The molecule has 2 saturated carbocycles. The summed E-state index contributed by atoms with van der Waals surface area (Å²) < 4.78 is 0. The molecule has 1 heterocycles. The van der Waals surface area contributed by atoms with Crippen molar-refractivity contribution in [3.63, 3.8) is 0 Å². The van der Waals surface area contributed by atoms with Gasteiger partial charge in [0.15, 0.2) is 5.78 Å². The molecule has 3 aliphatic carbocycles. The predicted molar refractivity (Wildman–Crippen MR) is 143 cm³/mol. The normalized spacial score (nSPS) is 18.8. The van der Waals surface area contributed by atoms with E-state index in [1.54, 1.807) is 36.2 Å². The van der Waals surface area contributed by atoms with Crippen LogP contribution in [0.1, 0.15) is 50.5 Å². The third-order valence-corrected chi connectivity index (χ3v) is 8.10. The van der Waals surface area contributed by atoms with Crippen molar-refractivity contribution in [3.05, 3.63) is 64.0 Å². The number of pyridine rings is 1. The molecule has 10 heteroatoms. The topological polar surface area (TPSA) is 138 Å². The molecule has 1 aromatic heterocycles. The van der Waals surface area contributed by atoms with Crippen LogP contribution in [0.15, 0.2) is 48.3 Å². The van der Waals surface area contributed by atoms with Gasteiger partial charge < -0.3 is 20.6 Å². The van der Waals surface area contributed by atoms with Crippen molar-refractivity contribution in [1.29, 1.82) is 0 Å². The molecule has 1 aromatic carbocycles. The number of carbonyl (C=O) groups excluding carboxylic acids is 1. The van der Waals surface area contributed by atoms with Gasteiger partial charge in [0.2, 0.25) is 5.82 Å². The molecule has 1 atom stereocenters. The Hall–Kier alpha value is -3.95. The molecule has 38 heavy (non-hydrogen) atoms. The van der Waals surface area contributed by atoms with E-state index in [-0.39, 0.29) is 23.7 Å². The molecule has 3 aliphatic rings. The van der Waals surface area contributed by atoms with Crippen molar-refractivity contribution in [2.24, 2.45) is 11.3 Å². The summed E-state index contributed by atoms with van der Waals surface area (Å²) in [5.74, 6) is -0.120. The minimum Gasteiger partial charge on any atom is -0.480 e. The highest BCUT2D eigenvalue weighted by atomic mass is 16.6. The first-order valence-corrected chi connectivity index (χ1v) is 13.2. The number of aromatic nitrogens is 1. The van der Waals surface area contributed by atoms with Gasteiger partial charge in [-0.05, 0) is 55.4 Å². The molecule has 2 aromatic rings. The molecular formula is C28H33N5O5. The fourth-order valence-electron chi connectivity index (χ4n) is 5.64. The van der Waals surface area contributed by atoms with Crippen LogP contribution in [0, 0.1) is 21.4 Å². The van der Waals surface area contributed by atoms with E-state index in [0.29, 0.717) is 23.8 Å². The van der Waals surface area contributed by atoms with Gasteiger partial charge in [0.25, 0.3) is 0 Å². The van der Waals surface area contributed by atoms with Crippen LogP contribution in [0.25, 0.3) is 0 Å². The van der Waals surface area contributed by atoms with E-state index in [4.69, 9.17) is 0 Å². The summed E-state index contributed by atoms with van der Waals surface area (Å²) in [6.07, 6.45) is 10.3. The van der Waals surface area contributed by atoms with E-state index in [1.807, 2.05) is 12.1 Å². The Labute approximate surface area is 221 Å². The van der Waals surface area contributed by atoms with Crippen molar-refractivity contribution < 1.29 is 19.6 Å². The number of nitrogens with zero attached hydrogens (tertiary/aromatic N) is 3. The van der Waals surface area contributed by atoms with Gasteiger partial charge in [-0.15, -0.1) is 0 Å². The highest BCUT2D eigenvalue weighted by Gasteiger charge is 2.51. The average molecular weight is 520 g/mol. The summed E-state index contributed by atoms with van der Waals surface area (Å²) in [6.45, 7) is 0.699. The van der Waals surface area contributed by atoms with E-state index in [9.17, 15) is 24.8 Å². The monoisotopic (exact) mass is 519 g/mol. The van der Waals surface area contributed by atoms with Crippen molar-refractivity contribution in [2.75, 3.05) is 24.2 Å². The Morgan fingerprint density at radius 3 is 2.53 bits per heavy atom. The van der Waals surface area contributed by atoms with Crippen LogP contribution in [0.5, 0.6) is 0 Å². The van der Waals surface area contributed by atoms with Gasteiger partial charge in [-0.3, -0.25) is 14.9 Å². The maximum Gasteiger partial charge on any atom is 0.334 e. The number of carboxylic acids is 1. The number of hydrogen-bond donors (Lipinski definition) is 3. The molecule has 2 fully saturated rings. The molecule has 5 rings (SSSR count). The summed E-state index contributed by atoms with van der Waals surface area (Å²) in [4.78, 5) is 42.1. The van der Waals surface area contributed by atoms with Crippen LogP contribution >= 0.6 is 0 Å². The standard InChI is InChI=1S/C28H33N5O5/c1-32(23-16-24(34)28(23)12-3-2-4-13-28)22(27(35)36)15-18-7-9-20(10-8-18)31-26-25(33(37)38)21(11-14-29-26)30-17-19-5-6-19/h7-11,14,16,19,22H,2-6,12-13,15,17H2,1H3,(H,35,36)(H2,29,30,31)/t22-/m0/s1. The molecule has 0 bridgehead atoms. The number of likely N-dealkylation sites (N-methyl/N-ethyl adjacent to an activating group) is 1. The lowest BCUT2D eigenvalue weighted by molar-refractivity contribution is -0.383. The molecule has 0 aliphatic heterocycles. The first-order valence-electron chi connectivity index (χ1n) is 13.2. The lowest BCUT2D eigenvalue weighted by Crippen LogP contribution is -2.52. The minimum atomic E-state index is -0.948. The molecule has 10 nitrogen and oxygen atoms in total. The Kier molecular flexibility index (Phi) is 7.05. The maximum absolute atomic E-state index is 12.5. The van der Waals surface area contributed by atoms with Crippen LogP contribution in [0.4, 0.5) is 22.9 Å². The number of aliphatic carboxylic acids is 1. The SMILES string of the molecule is CN(C1=CC(=O)C12CCCCC2)[C@@H](Cc1ccc(Nc2nccc(NCC3CC3)c2[N+](=O)[O-])cc1)C(=O)O. The molecule has 0 amide bonds. The molecule has 0 unspecified atom stereocenters. The predicted octanol–water partition coefficient (Wildman–Crippen LogP) is 4.90. The Morgan fingerprint density at radius 1 is 1.21 bits per heavy atom. The number of hydrogen-bond acceptors (Lipinski definition) is 8. The van der Waals surface area contributed by atoms with Crippen LogP contribution in [-0.4, -0.2) is 51.3 Å². The summed E-state index contributed by atoms with van der Waals surface area (Å²) in [6, 6.07) is 7.94. The maximum atomic E-state index is 12.5. The Morgan fingerprint density at radius 2 is 1.92 bits per heavy atom. The number of ketones is 1.